The molecule has 3 fully saturated rings. The molecule has 21 heavy (non-hydrogen) atoms. The van der Waals surface area contributed by atoms with Gasteiger partial charge in [0, 0.05) is 27.7 Å². The Kier molecular flexibility index (Phi) is 3.81. The molecule has 7 heteroatoms. The predicted molar refractivity (Wildman–Crippen MR) is 72.2 cm³/mol. The van der Waals surface area contributed by atoms with Crippen molar-refractivity contribution in [3.63, 3.8) is 0 Å². The molecule has 1 saturated carbocycles. The summed E-state index contributed by atoms with van der Waals surface area (Å²) >= 11 is 0. The number of nitrogens with zero attached hydrogens (tertiary/aromatic N) is 1. The van der Waals surface area contributed by atoms with Gasteiger partial charge in [-0.1, -0.05) is 0 Å². The number of aliphatic hydroxyl groups is 1. The van der Waals surface area contributed by atoms with Crippen LogP contribution < -0.4 is 0 Å². The van der Waals surface area contributed by atoms with E-state index in [1.807, 2.05) is 12.1 Å². The van der Waals surface area contributed by atoms with Crippen LogP contribution in [-0.2, 0) is 23.8 Å². The van der Waals surface area contributed by atoms with Gasteiger partial charge in [0.1, 0.15) is 12.2 Å². The third-order valence-electron chi connectivity index (χ3n) is 5.20. The van der Waals surface area contributed by atoms with E-state index in [2.05, 4.69) is 0 Å². The van der Waals surface area contributed by atoms with Gasteiger partial charge in [-0.3, -0.25) is 4.84 Å². The number of aliphatic hydroxyl groups excluding tert-OH is 1. The highest BCUT2D eigenvalue weighted by molar-refractivity contribution is 5.02. The summed E-state index contributed by atoms with van der Waals surface area (Å²) in [4.78, 5) is 5.73. The molecule has 2 saturated heterocycles. The molecular weight excluding hydrogens is 278 g/mol. The number of hydroxylamine groups is 2. The smallest absolute Gasteiger partial charge is 0.220 e. The number of ether oxygens (including phenoxy) is 4. The molecule has 2 aliphatic heterocycles. The van der Waals surface area contributed by atoms with Crippen LogP contribution in [0.3, 0.4) is 0 Å². The van der Waals surface area contributed by atoms with Gasteiger partial charge in [0.15, 0.2) is 0 Å². The fourth-order valence-corrected chi connectivity index (χ4v) is 3.59. The van der Waals surface area contributed by atoms with Crippen molar-refractivity contribution in [1.82, 2.24) is 5.06 Å². The maximum absolute atomic E-state index is 10.5. The van der Waals surface area contributed by atoms with Crippen LogP contribution in [0.25, 0.3) is 0 Å². The van der Waals surface area contributed by atoms with E-state index in [4.69, 9.17) is 23.8 Å². The molecule has 0 aromatic heterocycles. The van der Waals surface area contributed by atoms with Crippen molar-refractivity contribution < 1.29 is 28.9 Å². The SMILES string of the molecule is CO[C@@]1(C)O[C@H]2[C@H](O[C@]1(C)OC)[C@H]1C[C@@H](C[C@H]2O)ON1C. The number of hydrogen-bond acceptors (Lipinski definition) is 7. The molecule has 7 nitrogen and oxygen atoms in total. The van der Waals surface area contributed by atoms with Crippen molar-refractivity contribution in [3.05, 3.63) is 0 Å². The summed E-state index contributed by atoms with van der Waals surface area (Å²) in [7, 11) is 4.99. The summed E-state index contributed by atoms with van der Waals surface area (Å²) in [5, 5.41) is 12.3. The number of hydrogen-bond donors (Lipinski definition) is 1. The average Bonchev–Trinajstić information content (AvgIpc) is 2.75. The first kappa shape index (κ1) is 15.6. The normalized spacial score (nSPS) is 54.3. The Morgan fingerprint density at radius 3 is 2.19 bits per heavy atom. The van der Waals surface area contributed by atoms with Crippen molar-refractivity contribution in [2.45, 2.75) is 68.7 Å². The summed E-state index contributed by atoms with van der Waals surface area (Å²) in [5.74, 6) is -2.15. The summed E-state index contributed by atoms with van der Waals surface area (Å²) in [6.45, 7) is 3.56. The van der Waals surface area contributed by atoms with Crippen LogP contribution in [0, 0.1) is 0 Å². The molecule has 0 aromatic carbocycles. The van der Waals surface area contributed by atoms with Gasteiger partial charge >= 0.3 is 0 Å². The Morgan fingerprint density at radius 1 is 1.05 bits per heavy atom. The predicted octanol–water partition coefficient (Wildman–Crippen LogP) is 0.265. The van der Waals surface area contributed by atoms with Crippen LogP contribution in [0.4, 0.5) is 0 Å². The lowest BCUT2D eigenvalue weighted by Gasteiger charge is -2.54. The van der Waals surface area contributed by atoms with Crippen LogP contribution >= 0.6 is 0 Å². The number of likely N-dealkylation sites (N-methyl/N-ethyl adjacent to an activating group) is 1. The van der Waals surface area contributed by atoms with Gasteiger partial charge < -0.3 is 24.1 Å². The molecular formula is C14H25NO6. The van der Waals surface area contributed by atoms with E-state index in [0.29, 0.717) is 6.42 Å². The number of fused-ring (bicyclic) bond motifs is 4. The zero-order valence-electron chi connectivity index (χ0n) is 13.2. The first-order chi connectivity index (χ1) is 9.83. The zero-order valence-corrected chi connectivity index (χ0v) is 13.2. The van der Waals surface area contributed by atoms with Gasteiger partial charge in [0.05, 0.1) is 18.2 Å². The maximum atomic E-state index is 10.5. The molecule has 3 rings (SSSR count). The van der Waals surface area contributed by atoms with Crippen molar-refractivity contribution >= 4 is 0 Å². The molecule has 0 spiro atoms. The Bertz CT molecular complexity index is 407. The molecule has 0 aromatic rings. The van der Waals surface area contributed by atoms with Gasteiger partial charge in [-0.15, -0.1) is 0 Å². The molecule has 122 valence electrons. The van der Waals surface area contributed by atoms with E-state index in [9.17, 15) is 5.11 Å². The Morgan fingerprint density at radius 2 is 1.62 bits per heavy atom. The summed E-state index contributed by atoms with van der Waals surface area (Å²) in [6.07, 6.45) is -0.147. The van der Waals surface area contributed by atoms with Gasteiger partial charge in [-0.2, -0.15) is 5.06 Å². The molecule has 0 radical (unpaired) electrons. The van der Waals surface area contributed by atoms with Crippen LogP contribution in [0.5, 0.6) is 0 Å². The third kappa shape index (κ3) is 2.23. The first-order valence-electron chi connectivity index (χ1n) is 7.37. The average molecular weight is 303 g/mol. The van der Waals surface area contributed by atoms with Gasteiger partial charge in [-0.05, 0) is 20.3 Å². The summed E-state index contributed by atoms with van der Waals surface area (Å²) < 4.78 is 23.4. The third-order valence-corrected chi connectivity index (χ3v) is 5.20. The Hall–Kier alpha value is -0.280. The first-order valence-corrected chi connectivity index (χ1v) is 7.37. The molecule has 3 aliphatic rings. The summed E-state index contributed by atoms with van der Waals surface area (Å²) in [6, 6.07) is 0.0213. The van der Waals surface area contributed by atoms with E-state index in [1.54, 1.807) is 28.1 Å². The van der Waals surface area contributed by atoms with Crippen molar-refractivity contribution in [2.75, 3.05) is 21.3 Å². The molecule has 1 N–H and O–H groups in total. The van der Waals surface area contributed by atoms with Crippen LogP contribution in [0.15, 0.2) is 0 Å². The minimum absolute atomic E-state index is 0.00426. The lowest BCUT2D eigenvalue weighted by molar-refractivity contribution is -0.460. The van der Waals surface area contributed by atoms with Crippen molar-refractivity contribution in [1.29, 1.82) is 0 Å². The quantitative estimate of drug-likeness (QED) is 0.785. The minimum Gasteiger partial charge on any atom is -0.390 e. The van der Waals surface area contributed by atoms with Gasteiger partial charge in [0.25, 0.3) is 0 Å². The minimum atomic E-state index is -1.09. The molecule has 2 bridgehead atoms. The molecule has 2 heterocycles. The lowest BCUT2D eigenvalue weighted by Crippen LogP contribution is -2.69. The second-order valence-corrected chi connectivity index (χ2v) is 6.34. The van der Waals surface area contributed by atoms with E-state index < -0.39 is 23.8 Å². The van der Waals surface area contributed by atoms with Crippen LogP contribution in [0.1, 0.15) is 26.7 Å². The highest BCUT2D eigenvalue weighted by atomic mass is 16.8. The van der Waals surface area contributed by atoms with Gasteiger partial charge in [0.2, 0.25) is 11.6 Å². The Labute approximate surface area is 125 Å². The second kappa shape index (κ2) is 5.13. The van der Waals surface area contributed by atoms with Crippen molar-refractivity contribution in [2.24, 2.45) is 0 Å². The van der Waals surface area contributed by atoms with E-state index >= 15 is 0 Å². The van der Waals surface area contributed by atoms with E-state index in [0.717, 1.165) is 6.42 Å². The largest absolute Gasteiger partial charge is 0.390 e. The molecule has 7 atom stereocenters. The highest BCUT2D eigenvalue weighted by Crippen LogP contribution is 2.45. The highest BCUT2D eigenvalue weighted by Gasteiger charge is 2.61. The lowest BCUT2D eigenvalue weighted by atomic mass is 9.96. The van der Waals surface area contributed by atoms with Crippen molar-refractivity contribution in [3.8, 4) is 0 Å². The number of rotatable bonds is 2. The topological polar surface area (TPSA) is 69.6 Å². The van der Waals surface area contributed by atoms with Crippen LogP contribution in [0.2, 0.25) is 0 Å². The second-order valence-electron chi connectivity index (χ2n) is 6.34. The van der Waals surface area contributed by atoms with Crippen LogP contribution in [-0.4, -0.2) is 73.5 Å². The monoisotopic (exact) mass is 303 g/mol. The van der Waals surface area contributed by atoms with E-state index in [-0.39, 0.29) is 18.2 Å². The number of methoxy groups -OCH3 is 2. The fraction of sp³-hybridized carbons (Fsp3) is 1.00. The molecule has 0 unspecified atom stereocenters. The Balaban J connectivity index is 1.95. The molecule has 1 aliphatic carbocycles. The zero-order chi connectivity index (χ0) is 15.4. The van der Waals surface area contributed by atoms with E-state index in [1.165, 1.54) is 0 Å². The summed E-state index contributed by atoms with van der Waals surface area (Å²) in [5.41, 5.74) is 0. The van der Waals surface area contributed by atoms with Gasteiger partial charge in [-0.25, -0.2) is 0 Å². The standard InChI is InChI=1S/C14H25NO6/c1-13(17-4)14(2,18-5)20-12-10(16)7-8-6-9(11(12)19-13)15(3)21-8/h8-12,16H,6-7H2,1-5H3/t8-,9+,10+,11+,12+,13-,14-/m0/s1. The fourth-order valence-electron chi connectivity index (χ4n) is 3.59. The maximum Gasteiger partial charge on any atom is 0.220 e. The molecule has 0 amide bonds.